The average Bonchev–Trinajstić information content (AvgIpc) is 3.05. The van der Waals surface area contributed by atoms with Gasteiger partial charge in [0, 0.05) is 32.2 Å². The summed E-state index contributed by atoms with van der Waals surface area (Å²) in [5.41, 5.74) is 1.25. The third-order valence-corrected chi connectivity index (χ3v) is 6.10. The second-order valence-corrected chi connectivity index (χ2v) is 7.64. The van der Waals surface area contributed by atoms with E-state index >= 15 is 0 Å². The van der Waals surface area contributed by atoms with Gasteiger partial charge in [-0.2, -0.15) is 4.31 Å². The van der Waals surface area contributed by atoms with Crippen molar-refractivity contribution in [2.45, 2.75) is 32.2 Å². The second-order valence-electron chi connectivity index (χ2n) is 5.77. The van der Waals surface area contributed by atoms with Crippen molar-refractivity contribution < 1.29 is 17.5 Å². The molecule has 1 fully saturated rings. The van der Waals surface area contributed by atoms with Crippen molar-refractivity contribution in [3.63, 3.8) is 0 Å². The molecule has 0 amide bonds. The van der Waals surface area contributed by atoms with Gasteiger partial charge >= 0.3 is 0 Å². The zero-order chi connectivity index (χ0) is 16.6. The van der Waals surface area contributed by atoms with E-state index in [2.05, 4.69) is 15.2 Å². The van der Waals surface area contributed by atoms with E-state index in [1.54, 1.807) is 13.8 Å². The van der Waals surface area contributed by atoms with Crippen LogP contribution in [0.5, 0.6) is 0 Å². The van der Waals surface area contributed by atoms with Crippen LogP contribution in [0.2, 0.25) is 0 Å². The topological polar surface area (TPSA) is 92.7 Å². The zero-order valence-electron chi connectivity index (χ0n) is 13.4. The van der Waals surface area contributed by atoms with E-state index in [9.17, 15) is 8.42 Å². The van der Waals surface area contributed by atoms with Gasteiger partial charge in [0.2, 0.25) is 10.0 Å². The number of hydrogen-bond acceptors (Lipinski definition) is 7. The van der Waals surface area contributed by atoms with Gasteiger partial charge in [0.15, 0.2) is 11.5 Å². The first-order valence-corrected chi connectivity index (χ1v) is 8.89. The zero-order valence-corrected chi connectivity index (χ0v) is 14.3. The van der Waals surface area contributed by atoms with Crippen molar-refractivity contribution >= 4 is 10.0 Å². The lowest BCUT2D eigenvalue weighted by molar-refractivity contribution is 0.166. The Morgan fingerprint density at radius 3 is 2.30 bits per heavy atom. The summed E-state index contributed by atoms with van der Waals surface area (Å²) in [5, 5.41) is 7.60. The summed E-state index contributed by atoms with van der Waals surface area (Å²) in [5.74, 6) is 1.13. The van der Waals surface area contributed by atoms with Crippen LogP contribution in [-0.2, 0) is 16.6 Å². The van der Waals surface area contributed by atoms with Crippen molar-refractivity contribution in [1.29, 1.82) is 0 Å². The van der Waals surface area contributed by atoms with E-state index in [-0.39, 0.29) is 4.90 Å². The van der Waals surface area contributed by atoms with Gasteiger partial charge in [0.25, 0.3) is 0 Å². The van der Waals surface area contributed by atoms with Crippen LogP contribution in [0.15, 0.2) is 20.0 Å². The maximum absolute atomic E-state index is 12.7. The second kappa shape index (κ2) is 6.06. The van der Waals surface area contributed by atoms with Gasteiger partial charge in [-0.1, -0.05) is 10.3 Å². The van der Waals surface area contributed by atoms with Gasteiger partial charge in [-0.3, -0.25) is 4.90 Å². The smallest absolute Gasteiger partial charge is 0.248 e. The lowest BCUT2D eigenvalue weighted by atomic mass is 10.3. The standard InChI is InChI=1S/C14H20N4O4S/c1-10-8-13(22-15-10)9-17-4-6-18(7-5-17)23(19,20)14-11(2)16-21-12(14)3/h8H,4-7,9H2,1-3H3. The SMILES string of the molecule is Cc1cc(CN2CCN(S(=O)(=O)c3c(C)noc3C)CC2)on1. The van der Waals surface area contributed by atoms with E-state index in [0.29, 0.717) is 44.2 Å². The molecule has 8 nitrogen and oxygen atoms in total. The fraction of sp³-hybridized carbons (Fsp3) is 0.571. The molecule has 0 N–H and O–H groups in total. The number of hydrogen-bond donors (Lipinski definition) is 0. The number of aromatic nitrogens is 2. The van der Waals surface area contributed by atoms with Crippen molar-refractivity contribution in [3.05, 3.63) is 29.0 Å². The molecule has 0 saturated carbocycles. The van der Waals surface area contributed by atoms with Crippen LogP contribution in [0.1, 0.15) is 22.9 Å². The van der Waals surface area contributed by atoms with Crippen molar-refractivity contribution in [2.75, 3.05) is 26.2 Å². The highest BCUT2D eigenvalue weighted by Crippen LogP contribution is 2.24. The van der Waals surface area contributed by atoms with Crippen molar-refractivity contribution in [2.24, 2.45) is 0 Å². The van der Waals surface area contributed by atoms with Crippen LogP contribution in [0.3, 0.4) is 0 Å². The Morgan fingerprint density at radius 2 is 1.78 bits per heavy atom. The molecule has 1 aliphatic rings. The third-order valence-electron chi connectivity index (χ3n) is 3.95. The first kappa shape index (κ1) is 16.2. The van der Waals surface area contributed by atoms with Gasteiger partial charge in [0.05, 0.1) is 12.2 Å². The minimum absolute atomic E-state index is 0.191. The van der Waals surface area contributed by atoms with Crippen LogP contribution in [0, 0.1) is 20.8 Å². The molecule has 0 bridgehead atoms. The molecule has 2 aromatic rings. The van der Waals surface area contributed by atoms with E-state index < -0.39 is 10.0 Å². The normalized spacial score (nSPS) is 17.7. The largest absolute Gasteiger partial charge is 0.360 e. The van der Waals surface area contributed by atoms with Gasteiger partial charge in [-0.15, -0.1) is 0 Å². The predicted molar refractivity (Wildman–Crippen MR) is 81.3 cm³/mol. The third kappa shape index (κ3) is 3.17. The van der Waals surface area contributed by atoms with E-state index in [4.69, 9.17) is 9.05 Å². The fourth-order valence-electron chi connectivity index (χ4n) is 2.81. The summed E-state index contributed by atoms with van der Waals surface area (Å²) in [7, 11) is -3.56. The molecule has 126 valence electrons. The van der Waals surface area contributed by atoms with E-state index in [0.717, 1.165) is 11.5 Å². The summed E-state index contributed by atoms with van der Waals surface area (Å²) in [6.07, 6.45) is 0. The maximum Gasteiger partial charge on any atom is 0.248 e. The molecule has 23 heavy (non-hydrogen) atoms. The van der Waals surface area contributed by atoms with Crippen LogP contribution < -0.4 is 0 Å². The van der Waals surface area contributed by atoms with Crippen molar-refractivity contribution in [3.8, 4) is 0 Å². The molecule has 3 heterocycles. The van der Waals surface area contributed by atoms with Gasteiger partial charge in [0.1, 0.15) is 10.6 Å². The van der Waals surface area contributed by atoms with Gasteiger partial charge in [-0.25, -0.2) is 8.42 Å². The molecule has 1 aliphatic heterocycles. The molecule has 0 unspecified atom stereocenters. The molecular formula is C14H20N4O4S. The van der Waals surface area contributed by atoms with Gasteiger partial charge < -0.3 is 9.05 Å². The number of sulfonamides is 1. The molecule has 1 saturated heterocycles. The van der Waals surface area contributed by atoms with Crippen LogP contribution in [0.25, 0.3) is 0 Å². The number of piperazine rings is 1. The first-order chi connectivity index (χ1) is 10.9. The summed E-state index contributed by atoms with van der Waals surface area (Å²) in [6, 6.07) is 1.90. The minimum atomic E-state index is -3.56. The van der Waals surface area contributed by atoms with Crippen LogP contribution in [-0.4, -0.2) is 54.1 Å². The summed E-state index contributed by atoms with van der Waals surface area (Å²) in [4.78, 5) is 2.34. The lowest BCUT2D eigenvalue weighted by Gasteiger charge is -2.33. The van der Waals surface area contributed by atoms with E-state index in [1.165, 1.54) is 4.31 Å². The molecule has 9 heteroatoms. The molecule has 0 spiro atoms. The highest BCUT2D eigenvalue weighted by molar-refractivity contribution is 7.89. The Labute approximate surface area is 135 Å². The van der Waals surface area contributed by atoms with Gasteiger partial charge in [-0.05, 0) is 20.8 Å². The fourth-order valence-corrected chi connectivity index (χ4v) is 4.52. The monoisotopic (exact) mass is 340 g/mol. The Kier molecular flexibility index (Phi) is 4.26. The van der Waals surface area contributed by atoms with Crippen molar-refractivity contribution in [1.82, 2.24) is 19.5 Å². The molecule has 0 aliphatic carbocycles. The number of nitrogens with zero attached hydrogens (tertiary/aromatic N) is 4. The highest BCUT2D eigenvalue weighted by Gasteiger charge is 2.33. The maximum atomic E-state index is 12.7. The minimum Gasteiger partial charge on any atom is -0.360 e. The highest BCUT2D eigenvalue weighted by atomic mass is 32.2. The lowest BCUT2D eigenvalue weighted by Crippen LogP contribution is -2.48. The molecule has 0 atom stereocenters. The quantitative estimate of drug-likeness (QED) is 0.822. The molecule has 3 rings (SSSR count). The first-order valence-electron chi connectivity index (χ1n) is 7.45. The Balaban J connectivity index is 1.66. The Morgan fingerprint density at radius 1 is 1.09 bits per heavy atom. The summed E-state index contributed by atoms with van der Waals surface area (Å²) < 4.78 is 37.2. The molecular weight excluding hydrogens is 320 g/mol. The number of rotatable bonds is 4. The summed E-state index contributed by atoms with van der Waals surface area (Å²) >= 11 is 0. The molecule has 0 radical (unpaired) electrons. The van der Waals surface area contributed by atoms with Crippen LogP contribution >= 0.6 is 0 Å². The van der Waals surface area contributed by atoms with Crippen LogP contribution in [0.4, 0.5) is 0 Å². The molecule has 0 aromatic carbocycles. The van der Waals surface area contributed by atoms with E-state index in [1.807, 2.05) is 13.0 Å². The number of aryl methyl sites for hydroxylation is 3. The molecule has 2 aromatic heterocycles. The average molecular weight is 340 g/mol. The predicted octanol–water partition coefficient (Wildman–Crippen LogP) is 1.09. The Hall–Kier alpha value is -1.71. The summed E-state index contributed by atoms with van der Waals surface area (Å²) in [6.45, 7) is 7.92. The Bertz CT molecular complexity index is 768.